The Kier molecular flexibility index (Phi) is 3.28. The van der Waals surface area contributed by atoms with Gasteiger partial charge >= 0.3 is 0 Å². The maximum atomic E-state index is 12.2. The molecule has 0 spiro atoms. The summed E-state index contributed by atoms with van der Waals surface area (Å²) in [4.78, 5) is 31.4. The Morgan fingerprint density at radius 3 is 2.33 bits per heavy atom. The van der Waals surface area contributed by atoms with E-state index in [9.17, 15) is 9.59 Å². The number of hydrogen-bond acceptors (Lipinski definition) is 4. The number of hydrogen-bond donors (Lipinski definition) is 0. The third kappa shape index (κ3) is 2.48. The van der Waals surface area contributed by atoms with E-state index in [2.05, 4.69) is 9.97 Å². The molecule has 0 amide bonds. The number of Topliss-reactive ketones (excluding diaryl/α,β-unsaturated/α-hetero) is 1. The minimum atomic E-state index is -0.249. The topological polar surface area (TPSA) is 59.9 Å². The van der Waals surface area contributed by atoms with Gasteiger partial charge in [0, 0.05) is 18.2 Å². The molecule has 0 aliphatic heterocycles. The number of ketones is 2. The lowest BCUT2D eigenvalue weighted by molar-refractivity contribution is 0.100. The summed E-state index contributed by atoms with van der Waals surface area (Å²) >= 11 is 0. The van der Waals surface area contributed by atoms with Crippen molar-refractivity contribution in [3.8, 4) is 0 Å². The van der Waals surface area contributed by atoms with E-state index in [1.165, 1.54) is 6.92 Å². The van der Waals surface area contributed by atoms with Gasteiger partial charge in [-0.2, -0.15) is 0 Å². The number of aromatic nitrogens is 2. The first kappa shape index (κ1) is 12.1. The smallest absolute Gasteiger partial charge is 0.211 e. The molecule has 0 saturated carbocycles. The molecule has 0 N–H and O–H groups in total. The summed E-state index contributed by atoms with van der Waals surface area (Å²) < 4.78 is 0. The number of carbonyl (C=O) groups is 2. The van der Waals surface area contributed by atoms with Crippen LogP contribution in [0.4, 0.5) is 0 Å². The Bertz CT molecular complexity index is 606. The average Bonchev–Trinajstić information content (AvgIpc) is 2.38. The van der Waals surface area contributed by atoms with Gasteiger partial charge in [0.1, 0.15) is 5.69 Å². The molecule has 0 unspecified atom stereocenters. The van der Waals surface area contributed by atoms with Gasteiger partial charge in [-0.25, -0.2) is 9.97 Å². The lowest BCUT2D eigenvalue weighted by atomic mass is 10.1. The zero-order valence-corrected chi connectivity index (χ0v) is 10.2. The van der Waals surface area contributed by atoms with Gasteiger partial charge in [0.05, 0.1) is 0 Å². The maximum absolute atomic E-state index is 12.2. The summed E-state index contributed by atoms with van der Waals surface area (Å²) in [5, 5.41) is 0. The highest BCUT2D eigenvalue weighted by Crippen LogP contribution is 2.09. The summed E-state index contributed by atoms with van der Waals surface area (Å²) in [5.74, 6) is -0.376. The monoisotopic (exact) mass is 240 g/mol. The minimum Gasteiger partial charge on any atom is -0.291 e. The quantitative estimate of drug-likeness (QED) is 0.772. The number of aryl methyl sites for hydroxylation is 1. The van der Waals surface area contributed by atoms with Gasteiger partial charge in [0.25, 0.3) is 0 Å². The molecular weight excluding hydrogens is 228 g/mol. The van der Waals surface area contributed by atoms with Crippen molar-refractivity contribution in [3.05, 3.63) is 59.2 Å². The van der Waals surface area contributed by atoms with E-state index in [-0.39, 0.29) is 23.1 Å². The Balaban J connectivity index is 2.46. The lowest BCUT2D eigenvalue weighted by Gasteiger charge is -2.03. The van der Waals surface area contributed by atoms with E-state index < -0.39 is 0 Å². The second-order valence-electron chi connectivity index (χ2n) is 3.97. The van der Waals surface area contributed by atoms with Crippen LogP contribution in [0.3, 0.4) is 0 Å². The molecule has 1 heterocycles. The molecule has 90 valence electrons. The fraction of sp³-hybridized carbons (Fsp3) is 0.143. The Hall–Kier alpha value is -2.36. The fourth-order valence-corrected chi connectivity index (χ4v) is 1.58. The van der Waals surface area contributed by atoms with Gasteiger partial charge in [-0.3, -0.25) is 9.59 Å². The zero-order valence-electron chi connectivity index (χ0n) is 10.2. The molecular formula is C14H12N2O2. The van der Waals surface area contributed by atoms with E-state index in [1.54, 1.807) is 37.3 Å². The standard InChI is InChI=1S/C14H12N2O2/c1-9-8-12(16-14(15-9)10(2)17)13(18)11-6-4-3-5-7-11/h3-8H,1-2H3. The number of carbonyl (C=O) groups excluding carboxylic acids is 2. The lowest BCUT2D eigenvalue weighted by Crippen LogP contribution is -2.10. The van der Waals surface area contributed by atoms with E-state index >= 15 is 0 Å². The fourth-order valence-electron chi connectivity index (χ4n) is 1.58. The van der Waals surface area contributed by atoms with Crippen molar-refractivity contribution in [2.24, 2.45) is 0 Å². The van der Waals surface area contributed by atoms with Gasteiger partial charge in [-0.1, -0.05) is 30.3 Å². The zero-order chi connectivity index (χ0) is 13.1. The van der Waals surface area contributed by atoms with E-state index in [0.29, 0.717) is 11.3 Å². The Morgan fingerprint density at radius 1 is 1.06 bits per heavy atom. The summed E-state index contributed by atoms with van der Waals surface area (Å²) in [5.41, 5.74) is 1.40. The van der Waals surface area contributed by atoms with E-state index in [0.717, 1.165) is 0 Å². The summed E-state index contributed by atoms with van der Waals surface area (Å²) in [6.45, 7) is 3.11. The van der Waals surface area contributed by atoms with Crippen LogP contribution in [0.1, 0.15) is 39.3 Å². The number of benzene rings is 1. The molecule has 2 aromatic rings. The van der Waals surface area contributed by atoms with Crippen molar-refractivity contribution in [3.63, 3.8) is 0 Å². The number of rotatable bonds is 3. The van der Waals surface area contributed by atoms with Crippen LogP contribution in [0.5, 0.6) is 0 Å². The molecule has 18 heavy (non-hydrogen) atoms. The van der Waals surface area contributed by atoms with E-state index in [4.69, 9.17) is 0 Å². The van der Waals surface area contributed by atoms with Crippen LogP contribution in [0.2, 0.25) is 0 Å². The van der Waals surface area contributed by atoms with Gasteiger partial charge in [-0.05, 0) is 13.0 Å². The van der Waals surface area contributed by atoms with Crippen LogP contribution in [0, 0.1) is 6.92 Å². The first-order chi connectivity index (χ1) is 8.58. The van der Waals surface area contributed by atoms with Crippen molar-refractivity contribution in [1.29, 1.82) is 0 Å². The Morgan fingerprint density at radius 2 is 1.72 bits per heavy atom. The van der Waals surface area contributed by atoms with Crippen LogP contribution in [-0.2, 0) is 0 Å². The molecule has 0 aliphatic carbocycles. The third-order valence-corrected chi connectivity index (χ3v) is 2.44. The highest BCUT2D eigenvalue weighted by atomic mass is 16.1. The van der Waals surface area contributed by atoms with Gasteiger partial charge in [0.2, 0.25) is 5.78 Å². The largest absolute Gasteiger partial charge is 0.291 e. The summed E-state index contributed by atoms with van der Waals surface area (Å²) in [6.07, 6.45) is 0. The van der Waals surface area contributed by atoms with Crippen molar-refractivity contribution in [2.75, 3.05) is 0 Å². The molecule has 2 rings (SSSR count). The van der Waals surface area contributed by atoms with Crippen LogP contribution in [-0.4, -0.2) is 21.5 Å². The Labute approximate surface area is 105 Å². The molecule has 1 aromatic carbocycles. The van der Waals surface area contributed by atoms with Crippen molar-refractivity contribution >= 4 is 11.6 Å². The predicted molar refractivity (Wildman–Crippen MR) is 66.6 cm³/mol. The molecule has 0 bridgehead atoms. The molecule has 4 heteroatoms. The van der Waals surface area contributed by atoms with Crippen LogP contribution >= 0.6 is 0 Å². The highest BCUT2D eigenvalue weighted by molar-refractivity contribution is 6.08. The second kappa shape index (κ2) is 4.87. The number of nitrogens with zero attached hydrogens (tertiary/aromatic N) is 2. The first-order valence-electron chi connectivity index (χ1n) is 5.54. The minimum absolute atomic E-state index is 0.0780. The SMILES string of the molecule is CC(=O)c1nc(C)cc(C(=O)c2ccccc2)n1. The summed E-state index contributed by atoms with van der Waals surface area (Å²) in [7, 11) is 0. The second-order valence-corrected chi connectivity index (χ2v) is 3.97. The molecule has 4 nitrogen and oxygen atoms in total. The van der Waals surface area contributed by atoms with E-state index in [1.807, 2.05) is 6.07 Å². The van der Waals surface area contributed by atoms with Crippen molar-refractivity contribution in [2.45, 2.75) is 13.8 Å². The molecule has 0 radical (unpaired) electrons. The van der Waals surface area contributed by atoms with Crippen molar-refractivity contribution < 1.29 is 9.59 Å². The predicted octanol–water partition coefficient (Wildman–Crippen LogP) is 2.22. The third-order valence-electron chi connectivity index (χ3n) is 2.44. The average molecular weight is 240 g/mol. The van der Waals surface area contributed by atoms with Crippen LogP contribution < -0.4 is 0 Å². The van der Waals surface area contributed by atoms with Crippen LogP contribution in [0.25, 0.3) is 0 Å². The van der Waals surface area contributed by atoms with Gasteiger partial charge < -0.3 is 0 Å². The normalized spacial score (nSPS) is 10.1. The first-order valence-corrected chi connectivity index (χ1v) is 5.54. The highest BCUT2D eigenvalue weighted by Gasteiger charge is 2.14. The van der Waals surface area contributed by atoms with Gasteiger partial charge in [-0.15, -0.1) is 0 Å². The molecule has 0 fully saturated rings. The molecule has 0 saturated heterocycles. The van der Waals surface area contributed by atoms with Gasteiger partial charge in [0.15, 0.2) is 11.6 Å². The van der Waals surface area contributed by atoms with Crippen molar-refractivity contribution in [1.82, 2.24) is 9.97 Å². The molecule has 1 aromatic heterocycles. The summed E-state index contributed by atoms with van der Waals surface area (Å²) in [6, 6.07) is 10.4. The molecule has 0 aliphatic rings. The molecule has 0 atom stereocenters. The maximum Gasteiger partial charge on any atom is 0.211 e. The van der Waals surface area contributed by atoms with Crippen LogP contribution in [0.15, 0.2) is 36.4 Å².